The molecule has 7 heteroatoms. The Morgan fingerprint density at radius 2 is 1.88 bits per heavy atom. The lowest BCUT2D eigenvalue weighted by atomic mass is 10.0. The quantitative estimate of drug-likeness (QED) is 0.721. The number of phenolic OH excluding ortho intramolecular Hbond substituents is 1. The van der Waals surface area contributed by atoms with Crippen molar-refractivity contribution in [3.8, 4) is 22.8 Å². The summed E-state index contributed by atoms with van der Waals surface area (Å²) in [6, 6.07) is 13.3. The van der Waals surface area contributed by atoms with Crippen molar-refractivity contribution in [2.45, 2.75) is 6.23 Å². The number of rotatable bonds is 2. The molecular formula is C19H12ClNO5. The SMILES string of the molecule is O=C(O)c1cn2c(cc1=O)-c1cc(Cl)c(O)cc1OC2c1ccccc1. The maximum absolute atomic E-state index is 12.2. The van der Waals surface area contributed by atoms with Gasteiger partial charge in [-0.1, -0.05) is 41.9 Å². The molecule has 1 atom stereocenters. The second-order valence-electron chi connectivity index (χ2n) is 5.83. The average molecular weight is 370 g/mol. The van der Waals surface area contributed by atoms with Crippen molar-refractivity contribution in [1.29, 1.82) is 0 Å². The van der Waals surface area contributed by atoms with Gasteiger partial charge in [-0.2, -0.15) is 0 Å². The lowest BCUT2D eigenvalue weighted by molar-refractivity contribution is 0.0693. The van der Waals surface area contributed by atoms with E-state index in [1.165, 1.54) is 24.4 Å². The summed E-state index contributed by atoms with van der Waals surface area (Å²) in [5.74, 6) is -1.11. The van der Waals surface area contributed by atoms with Gasteiger partial charge >= 0.3 is 5.97 Å². The zero-order valence-corrected chi connectivity index (χ0v) is 14.0. The first kappa shape index (κ1) is 16.2. The summed E-state index contributed by atoms with van der Waals surface area (Å²) in [6.45, 7) is 0. The molecule has 1 aliphatic heterocycles. The lowest BCUT2D eigenvalue weighted by Crippen LogP contribution is -2.27. The molecule has 3 aromatic rings. The van der Waals surface area contributed by atoms with Crippen molar-refractivity contribution in [3.63, 3.8) is 0 Å². The first-order valence-corrected chi connectivity index (χ1v) is 8.07. The minimum absolute atomic E-state index is 0.104. The Balaban J connectivity index is 2.03. The molecule has 130 valence electrons. The molecule has 0 spiro atoms. The number of fused-ring (bicyclic) bond motifs is 3. The highest BCUT2D eigenvalue weighted by Crippen LogP contribution is 2.44. The van der Waals surface area contributed by atoms with Gasteiger partial charge in [0.1, 0.15) is 17.1 Å². The third kappa shape index (κ3) is 2.51. The van der Waals surface area contributed by atoms with Gasteiger partial charge in [0.15, 0.2) is 5.43 Å². The number of hydrogen-bond acceptors (Lipinski definition) is 4. The van der Waals surface area contributed by atoms with Crippen molar-refractivity contribution in [2.75, 3.05) is 0 Å². The largest absolute Gasteiger partial charge is 0.506 e. The first-order chi connectivity index (χ1) is 12.5. The predicted molar refractivity (Wildman–Crippen MR) is 95.0 cm³/mol. The van der Waals surface area contributed by atoms with Gasteiger partial charge in [-0.15, -0.1) is 0 Å². The summed E-state index contributed by atoms with van der Waals surface area (Å²) >= 11 is 6.00. The normalized spacial score (nSPS) is 14.9. The maximum atomic E-state index is 12.2. The summed E-state index contributed by atoms with van der Waals surface area (Å²) < 4.78 is 7.58. The lowest BCUT2D eigenvalue weighted by Gasteiger charge is -2.31. The Morgan fingerprint density at radius 1 is 1.15 bits per heavy atom. The highest BCUT2D eigenvalue weighted by Gasteiger charge is 2.29. The molecule has 6 nitrogen and oxygen atoms in total. The summed E-state index contributed by atoms with van der Waals surface area (Å²) in [4.78, 5) is 23.6. The van der Waals surface area contributed by atoms with E-state index in [9.17, 15) is 19.8 Å². The number of carboxylic acid groups (broad SMARTS) is 1. The molecule has 0 fully saturated rings. The van der Waals surface area contributed by atoms with E-state index in [1.54, 1.807) is 4.57 Å². The van der Waals surface area contributed by atoms with Crippen LogP contribution in [-0.4, -0.2) is 20.7 Å². The van der Waals surface area contributed by atoms with Crippen LogP contribution in [0.15, 0.2) is 59.5 Å². The smallest absolute Gasteiger partial charge is 0.341 e. The molecule has 2 aromatic carbocycles. The summed E-state index contributed by atoms with van der Waals surface area (Å²) in [5, 5.41) is 19.3. The second-order valence-corrected chi connectivity index (χ2v) is 6.24. The first-order valence-electron chi connectivity index (χ1n) is 7.69. The van der Waals surface area contributed by atoms with Gasteiger partial charge in [0.2, 0.25) is 6.23 Å². The van der Waals surface area contributed by atoms with E-state index in [0.717, 1.165) is 5.56 Å². The molecule has 0 aliphatic carbocycles. The zero-order valence-electron chi connectivity index (χ0n) is 13.2. The highest BCUT2D eigenvalue weighted by atomic mass is 35.5. The highest BCUT2D eigenvalue weighted by molar-refractivity contribution is 6.32. The number of aromatic hydroxyl groups is 1. The van der Waals surface area contributed by atoms with E-state index in [2.05, 4.69) is 0 Å². The van der Waals surface area contributed by atoms with Crippen molar-refractivity contribution in [3.05, 3.63) is 81.1 Å². The van der Waals surface area contributed by atoms with Gasteiger partial charge in [0.25, 0.3) is 0 Å². The summed E-state index contributed by atoms with van der Waals surface area (Å²) in [5.41, 5.74) is 0.735. The van der Waals surface area contributed by atoms with Gasteiger partial charge in [-0.25, -0.2) is 4.79 Å². The van der Waals surface area contributed by atoms with Crippen LogP contribution in [0.4, 0.5) is 0 Å². The fourth-order valence-electron chi connectivity index (χ4n) is 2.98. The van der Waals surface area contributed by atoms with Gasteiger partial charge in [0, 0.05) is 29.5 Å². The van der Waals surface area contributed by atoms with Gasteiger partial charge in [-0.3, -0.25) is 4.79 Å². The van der Waals surface area contributed by atoms with E-state index in [4.69, 9.17) is 16.3 Å². The van der Waals surface area contributed by atoms with Crippen LogP contribution in [0, 0.1) is 0 Å². The number of pyridine rings is 1. The second kappa shape index (κ2) is 5.93. The molecule has 0 bridgehead atoms. The van der Waals surface area contributed by atoms with E-state index < -0.39 is 17.6 Å². The Bertz CT molecular complexity index is 1090. The number of hydrogen-bond donors (Lipinski definition) is 2. The molecule has 0 radical (unpaired) electrons. The van der Waals surface area contributed by atoms with Crippen molar-refractivity contribution in [2.24, 2.45) is 0 Å². The molecule has 0 saturated heterocycles. The number of ether oxygens (including phenoxy) is 1. The fraction of sp³-hybridized carbons (Fsp3) is 0.0526. The van der Waals surface area contributed by atoms with E-state index in [1.807, 2.05) is 30.3 Å². The standard InChI is InChI=1S/C19H12ClNO5/c20-13-6-11-14-7-15(22)12(19(24)25)9-21(14)18(10-4-2-1-3-5-10)26-17(11)8-16(13)23/h1-9,18,23H,(H,24,25). The van der Waals surface area contributed by atoms with Crippen LogP contribution >= 0.6 is 11.6 Å². The number of halogens is 1. The molecule has 1 aliphatic rings. The van der Waals surface area contributed by atoms with E-state index in [0.29, 0.717) is 17.0 Å². The van der Waals surface area contributed by atoms with E-state index in [-0.39, 0.29) is 16.3 Å². The third-order valence-electron chi connectivity index (χ3n) is 4.21. The Morgan fingerprint density at radius 3 is 2.58 bits per heavy atom. The minimum atomic E-state index is -1.31. The summed E-state index contributed by atoms with van der Waals surface area (Å²) in [7, 11) is 0. The number of nitrogens with zero attached hydrogens (tertiary/aromatic N) is 1. The van der Waals surface area contributed by atoms with E-state index >= 15 is 0 Å². The predicted octanol–water partition coefficient (Wildman–Crippen LogP) is 3.51. The Labute approximate surface area is 152 Å². The van der Waals surface area contributed by atoms with Gasteiger partial charge < -0.3 is 19.5 Å². The maximum Gasteiger partial charge on any atom is 0.341 e. The van der Waals surface area contributed by atoms with Crippen LogP contribution < -0.4 is 10.2 Å². The van der Waals surface area contributed by atoms with Crippen molar-refractivity contribution < 1.29 is 19.7 Å². The van der Waals surface area contributed by atoms with Crippen LogP contribution in [-0.2, 0) is 0 Å². The van der Waals surface area contributed by atoms with Crippen LogP contribution in [0.2, 0.25) is 5.02 Å². The number of carboxylic acids is 1. The van der Waals surface area contributed by atoms with Crippen LogP contribution in [0.3, 0.4) is 0 Å². The Hall–Kier alpha value is -3.25. The van der Waals surface area contributed by atoms with Gasteiger partial charge in [0.05, 0.1) is 10.7 Å². The molecule has 4 rings (SSSR count). The van der Waals surface area contributed by atoms with Crippen LogP contribution in [0.25, 0.3) is 11.3 Å². The molecular weight excluding hydrogens is 358 g/mol. The van der Waals surface area contributed by atoms with Crippen molar-refractivity contribution >= 4 is 17.6 Å². The summed E-state index contributed by atoms with van der Waals surface area (Å²) in [6.07, 6.45) is 0.569. The Kier molecular flexibility index (Phi) is 3.70. The molecule has 1 aromatic heterocycles. The molecule has 2 N–H and O–H groups in total. The third-order valence-corrected chi connectivity index (χ3v) is 4.51. The molecule has 26 heavy (non-hydrogen) atoms. The number of aromatic nitrogens is 1. The topological polar surface area (TPSA) is 88.8 Å². The molecule has 0 amide bonds. The molecule has 0 saturated carbocycles. The zero-order chi connectivity index (χ0) is 18.4. The fourth-order valence-corrected chi connectivity index (χ4v) is 3.15. The monoisotopic (exact) mass is 369 g/mol. The van der Waals surface area contributed by atoms with Crippen LogP contribution in [0.1, 0.15) is 22.1 Å². The molecule has 2 heterocycles. The minimum Gasteiger partial charge on any atom is -0.506 e. The number of benzene rings is 2. The molecule has 1 unspecified atom stereocenters. The van der Waals surface area contributed by atoms with Crippen LogP contribution in [0.5, 0.6) is 11.5 Å². The average Bonchev–Trinajstić information content (AvgIpc) is 2.62. The number of aromatic carboxylic acids is 1. The van der Waals surface area contributed by atoms with Crippen molar-refractivity contribution in [1.82, 2.24) is 4.57 Å². The number of carbonyl (C=O) groups is 1. The van der Waals surface area contributed by atoms with Gasteiger partial charge in [-0.05, 0) is 6.07 Å². The number of phenols is 1.